The summed E-state index contributed by atoms with van der Waals surface area (Å²) in [5.74, 6) is -2.56. The third-order valence-electron chi connectivity index (χ3n) is 8.77. The van der Waals surface area contributed by atoms with Crippen molar-refractivity contribution in [2.45, 2.75) is 133 Å². The summed E-state index contributed by atoms with van der Waals surface area (Å²) in [7, 11) is 0. The number of hydrogen-bond donors (Lipinski definition) is 1. The SMILES string of the molecule is CC(C)(C)C(=O)OC[C@H]1O[C@@H](Oc2nn(CC(O)Cc3ccccc3)c3cccc(Br)c23)[C@H](OC(=O)C(C)(C)C)[C@@H](OC(=O)C(C)(C)C)[C@@H]1OC(=O)C(C)(C)C. The van der Waals surface area contributed by atoms with Crippen molar-refractivity contribution in [2.24, 2.45) is 21.7 Å². The number of carbonyl (C=O) groups is 4. The quantitative estimate of drug-likeness (QED) is 0.156. The van der Waals surface area contributed by atoms with Crippen LogP contribution in [0.5, 0.6) is 5.88 Å². The van der Waals surface area contributed by atoms with Gasteiger partial charge in [0, 0.05) is 10.9 Å². The van der Waals surface area contributed by atoms with Gasteiger partial charge in [-0.15, -0.1) is 5.10 Å². The van der Waals surface area contributed by atoms with Crippen molar-refractivity contribution in [3.8, 4) is 5.88 Å². The van der Waals surface area contributed by atoms with Gasteiger partial charge in [0.1, 0.15) is 12.7 Å². The predicted octanol–water partition coefficient (Wildman–Crippen LogP) is 6.97. The van der Waals surface area contributed by atoms with Crippen LogP contribution in [-0.2, 0) is 55.8 Å². The topological polar surface area (TPSA) is 162 Å². The summed E-state index contributed by atoms with van der Waals surface area (Å²) < 4.78 is 39.3. The highest BCUT2D eigenvalue weighted by atomic mass is 79.9. The van der Waals surface area contributed by atoms with E-state index in [4.69, 9.17) is 33.5 Å². The Kier molecular flexibility index (Phi) is 13.8. The first-order valence-electron chi connectivity index (χ1n) is 18.8. The number of aromatic nitrogens is 2. The van der Waals surface area contributed by atoms with Crippen LogP contribution in [0.3, 0.4) is 0 Å². The van der Waals surface area contributed by atoms with E-state index in [1.54, 1.807) is 93.8 Å². The van der Waals surface area contributed by atoms with E-state index in [1.807, 2.05) is 42.5 Å². The summed E-state index contributed by atoms with van der Waals surface area (Å²) in [5, 5.41) is 16.4. The molecule has 0 aliphatic carbocycles. The molecule has 1 fully saturated rings. The molecule has 13 nitrogen and oxygen atoms in total. The van der Waals surface area contributed by atoms with Gasteiger partial charge in [-0.3, -0.25) is 23.9 Å². The highest BCUT2D eigenvalue weighted by Crippen LogP contribution is 2.38. The maximum absolute atomic E-state index is 13.7. The molecular weight excluding hydrogens is 788 g/mol. The second kappa shape index (κ2) is 17.2. The molecule has 0 saturated carbocycles. The zero-order chi connectivity index (χ0) is 42.0. The number of aliphatic hydroxyl groups is 1. The molecule has 6 atom stereocenters. The van der Waals surface area contributed by atoms with Crippen LogP contribution in [0, 0.1) is 21.7 Å². The van der Waals surface area contributed by atoms with Gasteiger partial charge in [0.15, 0.2) is 12.2 Å². The van der Waals surface area contributed by atoms with Crippen molar-refractivity contribution in [2.75, 3.05) is 6.61 Å². The van der Waals surface area contributed by atoms with Crippen LogP contribution in [0.1, 0.15) is 88.6 Å². The minimum absolute atomic E-state index is 0.0395. The van der Waals surface area contributed by atoms with Gasteiger partial charge in [-0.1, -0.05) is 36.4 Å². The fraction of sp³-hybridized carbons (Fsp3) is 0.595. The first kappa shape index (κ1) is 44.7. The lowest BCUT2D eigenvalue weighted by atomic mass is 9.93. The Morgan fingerprint density at radius 2 is 1.25 bits per heavy atom. The zero-order valence-corrected chi connectivity index (χ0v) is 36.1. The second-order valence-electron chi connectivity index (χ2n) is 18.3. The Morgan fingerprint density at radius 1 is 0.732 bits per heavy atom. The number of halogens is 1. The maximum Gasteiger partial charge on any atom is 0.311 e. The Bertz CT molecular complexity index is 1870. The Morgan fingerprint density at radius 3 is 1.79 bits per heavy atom. The van der Waals surface area contributed by atoms with Crippen molar-refractivity contribution >= 4 is 50.7 Å². The average molecular weight is 846 g/mol. The molecule has 4 rings (SSSR count). The lowest BCUT2D eigenvalue weighted by Gasteiger charge is -2.45. The zero-order valence-electron chi connectivity index (χ0n) is 34.5. The smallest absolute Gasteiger partial charge is 0.311 e. The van der Waals surface area contributed by atoms with Gasteiger partial charge in [0.25, 0.3) is 0 Å². The first-order chi connectivity index (χ1) is 25.8. The fourth-order valence-corrected chi connectivity index (χ4v) is 5.95. The standard InChI is InChI=1S/C42H57BrN2O11/c1-39(2,3)35(47)51-23-28-30(53-36(48)40(4,5)6)31(54-37(49)41(7,8)9)32(55-38(50)42(10,11)12)34(52-28)56-33-29-26(43)19-16-20-27(29)45(44-33)22-25(46)21-24-17-14-13-15-18-24/h13-20,25,28,30-32,34,46H,21-23H2,1-12H3/t25?,28-,30-,31+,32-,34+/m1/s1. The monoisotopic (exact) mass is 844 g/mol. The number of aliphatic hydroxyl groups excluding tert-OH is 1. The summed E-state index contributed by atoms with van der Waals surface area (Å²) in [6, 6.07) is 15.0. The van der Waals surface area contributed by atoms with Crippen molar-refractivity contribution in [1.82, 2.24) is 9.78 Å². The molecule has 0 bridgehead atoms. The molecule has 2 heterocycles. The number of ether oxygens (including phenoxy) is 6. The highest BCUT2D eigenvalue weighted by molar-refractivity contribution is 9.10. The summed E-state index contributed by atoms with van der Waals surface area (Å²) in [6.07, 6.45) is -7.72. The molecule has 56 heavy (non-hydrogen) atoms. The van der Waals surface area contributed by atoms with E-state index < -0.39 is 89.0 Å². The first-order valence-corrected chi connectivity index (χ1v) is 19.6. The largest absolute Gasteiger partial charge is 0.462 e. The van der Waals surface area contributed by atoms with Crippen molar-refractivity contribution in [1.29, 1.82) is 0 Å². The molecule has 1 unspecified atom stereocenters. The number of hydrogen-bond acceptors (Lipinski definition) is 12. The molecule has 1 N–H and O–H groups in total. The maximum atomic E-state index is 13.7. The van der Waals surface area contributed by atoms with Crippen molar-refractivity contribution < 1.29 is 52.7 Å². The molecule has 308 valence electrons. The van der Waals surface area contributed by atoms with Crippen LogP contribution in [-0.4, -0.2) is 82.2 Å². The number of carbonyl (C=O) groups excluding carboxylic acids is 4. The van der Waals surface area contributed by atoms with E-state index in [0.29, 0.717) is 21.8 Å². The van der Waals surface area contributed by atoms with Gasteiger partial charge in [0.05, 0.1) is 45.2 Å². The Labute approximate surface area is 337 Å². The summed E-state index contributed by atoms with van der Waals surface area (Å²) in [5.41, 5.74) is -2.42. The second-order valence-corrected chi connectivity index (χ2v) is 19.2. The Hall–Kier alpha value is -4.01. The molecule has 2 aromatic carbocycles. The molecule has 3 aromatic rings. The highest BCUT2D eigenvalue weighted by Gasteiger charge is 2.56. The van der Waals surface area contributed by atoms with E-state index >= 15 is 0 Å². The van der Waals surface area contributed by atoms with Crippen LogP contribution in [0.4, 0.5) is 0 Å². The normalized spacial score (nSPS) is 21.2. The van der Waals surface area contributed by atoms with Gasteiger partial charge < -0.3 is 33.5 Å². The van der Waals surface area contributed by atoms with E-state index in [2.05, 4.69) is 15.9 Å². The van der Waals surface area contributed by atoms with Crippen LogP contribution in [0.15, 0.2) is 53.0 Å². The number of rotatable bonds is 11. The number of benzene rings is 2. The lowest BCUT2D eigenvalue weighted by molar-refractivity contribution is -0.294. The van der Waals surface area contributed by atoms with Crippen LogP contribution in [0.2, 0.25) is 0 Å². The minimum atomic E-state index is -1.55. The van der Waals surface area contributed by atoms with Gasteiger partial charge in [0.2, 0.25) is 18.3 Å². The summed E-state index contributed by atoms with van der Waals surface area (Å²) in [4.78, 5) is 54.0. The van der Waals surface area contributed by atoms with Crippen molar-refractivity contribution in [3.63, 3.8) is 0 Å². The van der Waals surface area contributed by atoms with Crippen LogP contribution in [0.25, 0.3) is 10.9 Å². The molecule has 1 aliphatic rings. The van der Waals surface area contributed by atoms with Gasteiger partial charge in [-0.25, -0.2) is 0 Å². The van der Waals surface area contributed by atoms with E-state index in [1.165, 1.54) is 0 Å². The number of esters is 4. The predicted molar refractivity (Wildman–Crippen MR) is 211 cm³/mol. The molecule has 0 radical (unpaired) electrons. The fourth-order valence-electron chi connectivity index (χ4n) is 5.42. The summed E-state index contributed by atoms with van der Waals surface area (Å²) >= 11 is 3.61. The van der Waals surface area contributed by atoms with E-state index in [-0.39, 0.29) is 12.4 Å². The van der Waals surface area contributed by atoms with Gasteiger partial charge in [-0.2, -0.15) is 0 Å². The Balaban J connectivity index is 1.86. The number of nitrogens with zero attached hydrogens (tertiary/aromatic N) is 2. The van der Waals surface area contributed by atoms with Crippen LogP contribution < -0.4 is 4.74 Å². The van der Waals surface area contributed by atoms with Gasteiger partial charge >= 0.3 is 23.9 Å². The van der Waals surface area contributed by atoms with E-state index in [9.17, 15) is 24.3 Å². The average Bonchev–Trinajstić information content (AvgIpc) is 3.41. The lowest BCUT2D eigenvalue weighted by Crippen LogP contribution is -2.65. The number of fused-ring (bicyclic) bond motifs is 1. The molecule has 1 aliphatic heterocycles. The molecule has 0 spiro atoms. The minimum Gasteiger partial charge on any atom is -0.462 e. The van der Waals surface area contributed by atoms with E-state index in [0.717, 1.165) is 5.56 Å². The molecule has 1 saturated heterocycles. The van der Waals surface area contributed by atoms with Crippen molar-refractivity contribution in [3.05, 3.63) is 58.6 Å². The molecule has 1 aromatic heterocycles. The summed E-state index contributed by atoms with van der Waals surface area (Å²) in [6.45, 7) is 19.6. The van der Waals surface area contributed by atoms with Gasteiger partial charge in [-0.05, 0) is 117 Å². The van der Waals surface area contributed by atoms with Crippen LogP contribution >= 0.6 is 15.9 Å². The third-order valence-corrected chi connectivity index (χ3v) is 9.43. The molecule has 14 heteroatoms. The molecule has 0 amide bonds. The molecular formula is C42H57BrN2O11. The third kappa shape index (κ3) is 11.3.